The monoisotopic (exact) mass is 357 g/mol. The molecule has 0 bridgehead atoms. The van der Waals surface area contributed by atoms with Crippen molar-refractivity contribution in [2.24, 2.45) is 10.2 Å². The fourth-order valence-corrected chi connectivity index (χ4v) is 2.77. The van der Waals surface area contributed by atoms with E-state index in [1.807, 2.05) is 36.5 Å². The first-order valence-corrected chi connectivity index (χ1v) is 7.99. The first kappa shape index (κ1) is 16.4. The summed E-state index contributed by atoms with van der Waals surface area (Å²) in [6.45, 7) is 0.426. The molecule has 1 aromatic heterocycles. The van der Waals surface area contributed by atoms with Crippen molar-refractivity contribution >= 4 is 0 Å². The quantitative estimate of drug-likeness (QED) is 0.690. The molecule has 4 rings (SSSR count). The summed E-state index contributed by atoms with van der Waals surface area (Å²) in [5, 5.41) is 14.6. The van der Waals surface area contributed by atoms with Crippen molar-refractivity contribution in [3.63, 3.8) is 0 Å². The van der Waals surface area contributed by atoms with Gasteiger partial charge in [-0.2, -0.15) is 13.2 Å². The normalized spacial score (nSPS) is 15.2. The molecule has 3 aromatic rings. The zero-order valence-electron chi connectivity index (χ0n) is 13.6. The average molecular weight is 357 g/mol. The van der Waals surface area contributed by atoms with Crippen molar-refractivity contribution in [2.45, 2.75) is 24.8 Å². The first-order valence-electron chi connectivity index (χ1n) is 7.99. The minimum atomic E-state index is -4.51. The summed E-state index contributed by atoms with van der Waals surface area (Å²) in [6, 6.07) is 16.0. The van der Waals surface area contributed by atoms with Gasteiger partial charge in [-0.1, -0.05) is 59.8 Å². The fraction of sp³-hybridized carbons (Fsp3) is 0.222. The first-order chi connectivity index (χ1) is 12.5. The van der Waals surface area contributed by atoms with Crippen LogP contribution in [0, 0.1) is 0 Å². The van der Waals surface area contributed by atoms with Crippen LogP contribution in [0.5, 0.6) is 0 Å². The second-order valence-corrected chi connectivity index (χ2v) is 6.14. The van der Waals surface area contributed by atoms with Crippen LogP contribution in [-0.4, -0.2) is 21.2 Å². The molecule has 132 valence electrons. The fourth-order valence-electron chi connectivity index (χ4n) is 2.77. The van der Waals surface area contributed by atoms with Crippen LogP contribution >= 0.6 is 0 Å². The molecule has 1 aliphatic heterocycles. The number of rotatable bonds is 5. The Labute approximate surface area is 147 Å². The molecule has 1 aliphatic rings. The van der Waals surface area contributed by atoms with Gasteiger partial charge in [0, 0.05) is 18.2 Å². The maximum absolute atomic E-state index is 13.0. The van der Waals surface area contributed by atoms with Gasteiger partial charge in [0.15, 0.2) is 0 Å². The molecule has 8 heteroatoms. The van der Waals surface area contributed by atoms with Gasteiger partial charge in [-0.3, -0.25) is 0 Å². The largest absolute Gasteiger partial charge is 0.442 e. The third-order valence-electron chi connectivity index (χ3n) is 4.21. The number of halogens is 3. The topological polar surface area (TPSA) is 55.4 Å². The second kappa shape index (κ2) is 6.05. The van der Waals surface area contributed by atoms with Crippen LogP contribution in [0.25, 0.3) is 0 Å². The van der Waals surface area contributed by atoms with Crippen molar-refractivity contribution < 1.29 is 13.2 Å². The molecule has 0 aliphatic carbocycles. The summed E-state index contributed by atoms with van der Waals surface area (Å²) in [6.07, 6.45) is -1.99. The van der Waals surface area contributed by atoms with Crippen molar-refractivity contribution in [1.29, 1.82) is 0 Å². The number of nitrogens with zero attached hydrogens (tertiary/aromatic N) is 5. The van der Waals surface area contributed by atoms with E-state index in [4.69, 9.17) is 0 Å². The Hall–Kier alpha value is -3.03. The van der Waals surface area contributed by atoms with Crippen LogP contribution in [0.1, 0.15) is 22.4 Å². The summed E-state index contributed by atoms with van der Waals surface area (Å²) in [5.41, 5.74) is 0.444. The molecule has 0 amide bonds. The summed E-state index contributed by atoms with van der Waals surface area (Å²) < 4.78 is 40.7. The van der Waals surface area contributed by atoms with Crippen LogP contribution in [0.4, 0.5) is 13.2 Å². The molecule has 0 unspecified atom stereocenters. The molecular weight excluding hydrogens is 343 g/mol. The van der Waals surface area contributed by atoms with Crippen molar-refractivity contribution in [3.8, 4) is 0 Å². The van der Waals surface area contributed by atoms with Gasteiger partial charge in [-0.25, -0.2) is 4.68 Å². The van der Waals surface area contributed by atoms with Gasteiger partial charge in [0.1, 0.15) is 0 Å². The smallest absolute Gasteiger partial charge is 0.248 e. The van der Waals surface area contributed by atoms with E-state index in [0.29, 0.717) is 13.0 Å². The van der Waals surface area contributed by atoms with E-state index in [1.165, 1.54) is 12.1 Å². The SMILES string of the molecule is FC(F)(F)C1(c2ccc(Cn3cc(Cc4ccccc4)nn3)cc2)N=N1. The lowest BCUT2D eigenvalue weighted by atomic mass is 10.0. The lowest BCUT2D eigenvalue weighted by molar-refractivity contribution is -0.166. The number of alkyl halides is 3. The number of aromatic nitrogens is 3. The maximum Gasteiger partial charge on any atom is 0.442 e. The Morgan fingerprint density at radius 1 is 0.885 bits per heavy atom. The zero-order chi connectivity index (χ0) is 18.2. The van der Waals surface area contributed by atoms with E-state index in [9.17, 15) is 13.2 Å². The Balaban J connectivity index is 1.44. The number of hydrogen-bond donors (Lipinski definition) is 0. The lowest BCUT2D eigenvalue weighted by Gasteiger charge is -2.14. The lowest BCUT2D eigenvalue weighted by Crippen LogP contribution is -2.30. The molecule has 0 atom stereocenters. The van der Waals surface area contributed by atoms with Crippen molar-refractivity contribution in [2.75, 3.05) is 0 Å². The Morgan fingerprint density at radius 2 is 1.58 bits per heavy atom. The third-order valence-corrected chi connectivity index (χ3v) is 4.21. The predicted molar refractivity (Wildman–Crippen MR) is 87.4 cm³/mol. The standard InChI is InChI=1S/C18H14F3N5/c19-18(20,21)17(23-24-17)15-8-6-14(7-9-15)11-26-12-16(22-25-26)10-13-4-2-1-3-5-13/h1-9,12H,10-11H2. The van der Waals surface area contributed by atoms with Gasteiger partial charge in [0.2, 0.25) is 0 Å². The minimum absolute atomic E-state index is 0.0251. The van der Waals surface area contributed by atoms with Gasteiger partial charge in [0.25, 0.3) is 0 Å². The molecular formula is C18H14F3N5. The van der Waals surface area contributed by atoms with Crippen LogP contribution in [0.15, 0.2) is 71.0 Å². The van der Waals surface area contributed by atoms with E-state index >= 15 is 0 Å². The third kappa shape index (κ3) is 3.10. The van der Waals surface area contributed by atoms with Gasteiger partial charge in [0.05, 0.1) is 12.2 Å². The molecule has 0 radical (unpaired) electrons. The highest BCUT2D eigenvalue weighted by atomic mass is 19.4. The van der Waals surface area contributed by atoms with Crippen LogP contribution in [-0.2, 0) is 18.6 Å². The second-order valence-electron chi connectivity index (χ2n) is 6.14. The van der Waals surface area contributed by atoms with Crippen LogP contribution in [0.2, 0.25) is 0 Å². The molecule has 5 nitrogen and oxygen atoms in total. The summed E-state index contributed by atoms with van der Waals surface area (Å²) in [5.74, 6) is 0. The Bertz CT molecular complexity index is 923. The van der Waals surface area contributed by atoms with Crippen molar-refractivity contribution in [3.05, 3.63) is 83.2 Å². The van der Waals surface area contributed by atoms with Crippen LogP contribution in [0.3, 0.4) is 0 Å². The highest BCUT2D eigenvalue weighted by Crippen LogP contribution is 2.52. The minimum Gasteiger partial charge on any atom is -0.248 e. The predicted octanol–water partition coefficient (Wildman–Crippen LogP) is 4.10. The van der Waals surface area contributed by atoms with E-state index in [-0.39, 0.29) is 5.56 Å². The highest BCUT2D eigenvalue weighted by molar-refractivity contribution is 5.32. The van der Waals surface area contributed by atoms with Crippen molar-refractivity contribution in [1.82, 2.24) is 15.0 Å². The molecule has 0 spiro atoms. The number of hydrogen-bond acceptors (Lipinski definition) is 4. The average Bonchev–Trinajstić information content (AvgIpc) is 3.34. The molecule has 0 saturated heterocycles. The molecule has 0 N–H and O–H groups in total. The van der Waals surface area contributed by atoms with Gasteiger partial charge < -0.3 is 0 Å². The Morgan fingerprint density at radius 3 is 2.19 bits per heavy atom. The van der Waals surface area contributed by atoms with Gasteiger partial charge >= 0.3 is 11.8 Å². The van der Waals surface area contributed by atoms with Crippen LogP contribution < -0.4 is 0 Å². The van der Waals surface area contributed by atoms with E-state index < -0.39 is 11.8 Å². The van der Waals surface area contributed by atoms with E-state index in [2.05, 4.69) is 20.5 Å². The molecule has 2 aromatic carbocycles. The summed E-state index contributed by atoms with van der Waals surface area (Å²) >= 11 is 0. The van der Waals surface area contributed by atoms with Gasteiger partial charge in [-0.05, 0) is 11.1 Å². The summed E-state index contributed by atoms with van der Waals surface area (Å²) in [4.78, 5) is 0. The van der Waals surface area contributed by atoms with E-state index in [1.54, 1.807) is 16.8 Å². The molecule has 0 fully saturated rings. The highest BCUT2D eigenvalue weighted by Gasteiger charge is 2.65. The Kier molecular flexibility index (Phi) is 3.82. The maximum atomic E-state index is 13.0. The van der Waals surface area contributed by atoms with E-state index in [0.717, 1.165) is 16.8 Å². The summed E-state index contributed by atoms with van der Waals surface area (Å²) in [7, 11) is 0. The molecule has 26 heavy (non-hydrogen) atoms. The van der Waals surface area contributed by atoms with Gasteiger partial charge in [-0.15, -0.1) is 15.3 Å². The molecule has 0 saturated carbocycles. The number of benzene rings is 2. The zero-order valence-corrected chi connectivity index (χ0v) is 13.6. The molecule has 2 heterocycles.